The number of fused-ring (bicyclic) bond motifs is 1. The number of nitrogens with zero attached hydrogens (tertiary/aromatic N) is 2. The second-order valence-corrected chi connectivity index (χ2v) is 13.4. The van der Waals surface area contributed by atoms with Crippen molar-refractivity contribution in [1.82, 2.24) is 15.3 Å². The van der Waals surface area contributed by atoms with E-state index in [0.717, 1.165) is 23.2 Å². The van der Waals surface area contributed by atoms with Crippen LogP contribution in [0.1, 0.15) is 96.8 Å². The molecule has 0 saturated carbocycles. The van der Waals surface area contributed by atoms with E-state index in [2.05, 4.69) is 67.1 Å². The number of para-hydroxylation sites is 1. The van der Waals surface area contributed by atoms with Gasteiger partial charge >= 0.3 is 12.1 Å². The molecule has 0 aliphatic heterocycles. The van der Waals surface area contributed by atoms with E-state index in [-0.39, 0.29) is 30.1 Å². The zero-order valence-corrected chi connectivity index (χ0v) is 29.3. The molecule has 0 radical (unpaired) electrons. The van der Waals surface area contributed by atoms with Crippen LogP contribution in [0, 0.1) is 11.8 Å². The number of pyridine rings is 2. The van der Waals surface area contributed by atoms with Crippen molar-refractivity contribution in [2.75, 3.05) is 23.3 Å². The number of urea groups is 1. The quantitative estimate of drug-likeness (QED) is 0.157. The molecule has 0 unspecified atom stereocenters. The highest BCUT2D eigenvalue weighted by atomic mass is 16.6. The first kappa shape index (κ1) is 35.7. The third-order valence-electron chi connectivity index (χ3n) is 7.72. The lowest BCUT2D eigenvalue weighted by atomic mass is 9.92. The summed E-state index contributed by atoms with van der Waals surface area (Å²) in [6.45, 7) is 16.3. The van der Waals surface area contributed by atoms with Crippen LogP contribution in [-0.2, 0) is 4.74 Å². The molecular formula is C39H47N5O4. The molecule has 2 aromatic carbocycles. The van der Waals surface area contributed by atoms with Gasteiger partial charge in [-0.3, -0.25) is 9.69 Å². The van der Waals surface area contributed by atoms with Crippen LogP contribution in [0.5, 0.6) is 0 Å². The molecule has 3 amide bonds. The Bertz CT molecular complexity index is 1870. The van der Waals surface area contributed by atoms with Gasteiger partial charge in [0, 0.05) is 34.9 Å². The lowest BCUT2D eigenvalue weighted by molar-refractivity contribution is 0.0535. The summed E-state index contributed by atoms with van der Waals surface area (Å²) >= 11 is 0. The predicted octanol–water partition coefficient (Wildman–Crippen LogP) is 8.55. The molecule has 9 heteroatoms. The highest BCUT2D eigenvalue weighted by Crippen LogP contribution is 2.36. The van der Waals surface area contributed by atoms with Gasteiger partial charge in [-0.15, -0.1) is 0 Å². The smallest absolute Gasteiger partial charge is 0.408 e. The highest BCUT2D eigenvalue weighted by molar-refractivity contribution is 6.09. The third-order valence-corrected chi connectivity index (χ3v) is 7.72. The SMILES string of the molecule is CCCCN(C(=O)Nc1c(C(C)C)cccc1C(C)C)c1c(-c2cccc(C#CCNC(=O)OC(C)(C)C)c2)c2cccnc2[nH]c1=O. The lowest BCUT2D eigenvalue weighted by Crippen LogP contribution is -2.40. The Morgan fingerprint density at radius 1 is 1.00 bits per heavy atom. The first-order valence-corrected chi connectivity index (χ1v) is 16.6. The van der Waals surface area contributed by atoms with Crippen LogP contribution in [0.25, 0.3) is 22.2 Å². The summed E-state index contributed by atoms with van der Waals surface area (Å²) in [5.74, 6) is 6.42. The molecule has 0 saturated heterocycles. The fourth-order valence-corrected chi connectivity index (χ4v) is 5.49. The molecule has 0 fully saturated rings. The van der Waals surface area contributed by atoms with Crippen molar-refractivity contribution in [1.29, 1.82) is 0 Å². The molecule has 48 heavy (non-hydrogen) atoms. The van der Waals surface area contributed by atoms with Crippen molar-refractivity contribution in [3.8, 4) is 23.0 Å². The number of carbonyl (C=O) groups excluding carboxylic acids is 2. The number of hydrogen-bond donors (Lipinski definition) is 3. The van der Waals surface area contributed by atoms with E-state index in [1.54, 1.807) is 31.9 Å². The Morgan fingerprint density at radius 2 is 1.69 bits per heavy atom. The number of H-pyrrole nitrogens is 1. The number of nitrogens with one attached hydrogen (secondary N) is 3. The first-order chi connectivity index (χ1) is 22.8. The summed E-state index contributed by atoms with van der Waals surface area (Å²) < 4.78 is 5.28. The number of benzene rings is 2. The van der Waals surface area contributed by atoms with Gasteiger partial charge in [-0.1, -0.05) is 83.2 Å². The molecule has 2 aromatic heterocycles. The minimum atomic E-state index is -0.606. The number of aromatic nitrogens is 2. The Labute approximate surface area is 283 Å². The van der Waals surface area contributed by atoms with Gasteiger partial charge < -0.3 is 20.4 Å². The molecule has 0 bridgehead atoms. The molecule has 252 valence electrons. The molecule has 0 aliphatic carbocycles. The van der Waals surface area contributed by atoms with Gasteiger partial charge in [0.1, 0.15) is 16.9 Å². The molecule has 9 nitrogen and oxygen atoms in total. The fraction of sp³-hybridized carbons (Fsp3) is 0.385. The van der Waals surface area contributed by atoms with Gasteiger partial charge in [0.15, 0.2) is 0 Å². The maximum atomic E-state index is 14.4. The number of amides is 3. The van der Waals surface area contributed by atoms with Crippen LogP contribution >= 0.6 is 0 Å². The van der Waals surface area contributed by atoms with Gasteiger partial charge in [-0.2, -0.15) is 0 Å². The summed E-state index contributed by atoms with van der Waals surface area (Å²) in [5.41, 5.74) is 4.47. The van der Waals surface area contributed by atoms with E-state index in [4.69, 9.17) is 4.74 Å². The minimum absolute atomic E-state index is 0.101. The normalized spacial score (nSPS) is 11.3. The number of unbranched alkanes of at least 4 members (excludes halogenated alkanes) is 1. The van der Waals surface area contributed by atoms with E-state index in [9.17, 15) is 14.4 Å². The van der Waals surface area contributed by atoms with Crippen LogP contribution < -0.4 is 21.1 Å². The molecular weight excluding hydrogens is 602 g/mol. The average Bonchev–Trinajstić information content (AvgIpc) is 3.02. The van der Waals surface area contributed by atoms with E-state index < -0.39 is 17.3 Å². The fourth-order valence-electron chi connectivity index (χ4n) is 5.49. The predicted molar refractivity (Wildman–Crippen MR) is 195 cm³/mol. The first-order valence-electron chi connectivity index (χ1n) is 16.6. The minimum Gasteiger partial charge on any atom is -0.444 e. The average molecular weight is 650 g/mol. The van der Waals surface area contributed by atoms with Crippen molar-refractivity contribution in [2.45, 2.75) is 85.7 Å². The summed E-state index contributed by atoms with van der Waals surface area (Å²) in [6.07, 6.45) is 2.60. The number of rotatable bonds is 9. The number of anilines is 2. The van der Waals surface area contributed by atoms with E-state index in [1.165, 1.54) is 0 Å². The van der Waals surface area contributed by atoms with E-state index >= 15 is 0 Å². The molecule has 0 aliphatic rings. The molecule has 4 aromatic rings. The van der Waals surface area contributed by atoms with Gasteiger partial charge in [0.05, 0.1) is 6.54 Å². The largest absolute Gasteiger partial charge is 0.444 e. The summed E-state index contributed by atoms with van der Waals surface area (Å²) in [7, 11) is 0. The second kappa shape index (κ2) is 15.7. The monoisotopic (exact) mass is 649 g/mol. The maximum Gasteiger partial charge on any atom is 0.408 e. The number of carbonyl (C=O) groups is 2. The van der Waals surface area contributed by atoms with Crippen LogP contribution in [0.3, 0.4) is 0 Å². The molecule has 4 rings (SSSR count). The van der Waals surface area contributed by atoms with Crippen LogP contribution in [0.2, 0.25) is 0 Å². The Kier molecular flexibility index (Phi) is 11.7. The summed E-state index contributed by atoms with van der Waals surface area (Å²) in [6, 6.07) is 16.9. The molecule has 0 atom stereocenters. The van der Waals surface area contributed by atoms with Gasteiger partial charge in [0.2, 0.25) is 0 Å². The number of aromatic amines is 1. The van der Waals surface area contributed by atoms with Crippen molar-refractivity contribution in [3.63, 3.8) is 0 Å². The van der Waals surface area contributed by atoms with E-state index in [1.807, 2.05) is 54.6 Å². The molecule has 0 spiro atoms. The topological polar surface area (TPSA) is 116 Å². The van der Waals surface area contributed by atoms with Crippen molar-refractivity contribution < 1.29 is 14.3 Å². The zero-order valence-electron chi connectivity index (χ0n) is 29.3. The Balaban J connectivity index is 1.82. The second-order valence-electron chi connectivity index (χ2n) is 13.4. The number of alkyl carbamates (subject to hydrolysis) is 1. The van der Waals surface area contributed by atoms with Crippen LogP contribution in [0.4, 0.5) is 21.0 Å². The number of ether oxygens (including phenoxy) is 1. The summed E-state index contributed by atoms with van der Waals surface area (Å²) in [5, 5.41) is 6.57. The van der Waals surface area contributed by atoms with Crippen molar-refractivity contribution >= 4 is 34.5 Å². The maximum absolute atomic E-state index is 14.4. The highest BCUT2D eigenvalue weighted by Gasteiger charge is 2.27. The number of hydrogen-bond acceptors (Lipinski definition) is 5. The van der Waals surface area contributed by atoms with Crippen molar-refractivity contribution in [3.05, 3.63) is 87.8 Å². The molecule has 3 N–H and O–H groups in total. The standard InChI is InChI=1S/C39H47N5O4/c1-9-10-23-44(37(46)42-33-29(25(2)3)18-12-19-30(33)26(4)5)34-32(31-20-14-21-40-35(31)43-36(34)45)28-17-11-15-27(24-28)16-13-22-41-38(47)48-39(6,7)8/h11-12,14-15,17-21,24-26H,9-10,22-23H2,1-8H3,(H,41,47)(H,42,46)(H,40,43,45). The van der Waals surface area contributed by atoms with Gasteiger partial charge in [0.25, 0.3) is 5.56 Å². The van der Waals surface area contributed by atoms with Gasteiger partial charge in [-0.25, -0.2) is 14.6 Å². The Morgan fingerprint density at radius 3 is 2.33 bits per heavy atom. The zero-order chi connectivity index (χ0) is 35.0. The Hall–Kier alpha value is -5.10. The summed E-state index contributed by atoms with van der Waals surface area (Å²) in [4.78, 5) is 49.4. The van der Waals surface area contributed by atoms with Crippen LogP contribution in [-0.4, -0.2) is 40.8 Å². The van der Waals surface area contributed by atoms with Crippen LogP contribution in [0.15, 0.2) is 65.6 Å². The van der Waals surface area contributed by atoms with Crippen molar-refractivity contribution in [2.24, 2.45) is 0 Å². The van der Waals surface area contributed by atoms with E-state index in [0.29, 0.717) is 40.7 Å². The van der Waals surface area contributed by atoms with Gasteiger partial charge in [-0.05, 0) is 80.0 Å². The molecule has 2 heterocycles. The lowest BCUT2D eigenvalue weighted by Gasteiger charge is -2.27. The third kappa shape index (κ3) is 8.82.